The van der Waals surface area contributed by atoms with Gasteiger partial charge in [-0.15, -0.1) is 0 Å². The average Bonchev–Trinajstić information content (AvgIpc) is 2.98. The van der Waals surface area contributed by atoms with Crippen LogP contribution in [0, 0.1) is 0 Å². The third kappa shape index (κ3) is 3.92. The molecule has 0 aliphatic rings. The first-order valence-corrected chi connectivity index (χ1v) is 8.37. The van der Waals surface area contributed by atoms with E-state index in [-0.39, 0.29) is 17.3 Å². The zero-order valence-electron chi connectivity index (χ0n) is 12.9. The van der Waals surface area contributed by atoms with E-state index in [4.69, 9.17) is 39.5 Å². The molecule has 3 aromatic rings. The lowest BCUT2D eigenvalue weighted by Gasteiger charge is -2.14. The molecule has 0 spiro atoms. The van der Waals surface area contributed by atoms with E-state index in [0.29, 0.717) is 21.8 Å². The van der Waals surface area contributed by atoms with E-state index in [1.807, 2.05) is 0 Å². The van der Waals surface area contributed by atoms with Crippen LogP contribution in [0.1, 0.15) is 11.1 Å². The van der Waals surface area contributed by atoms with Crippen LogP contribution in [-0.4, -0.2) is 9.78 Å². The molecule has 0 unspecified atom stereocenters. The molecule has 0 radical (unpaired) electrons. The second kappa shape index (κ2) is 7.39. The Balaban J connectivity index is 2.03. The lowest BCUT2D eigenvalue weighted by atomic mass is 10.2. The Morgan fingerprint density at radius 2 is 1.73 bits per heavy atom. The number of rotatable bonds is 4. The summed E-state index contributed by atoms with van der Waals surface area (Å²) in [6, 6.07) is 11.1. The molecule has 0 N–H and O–H groups in total. The number of aromatic nitrogens is 2. The van der Waals surface area contributed by atoms with Gasteiger partial charge >= 0.3 is 6.18 Å². The van der Waals surface area contributed by atoms with E-state index < -0.39 is 17.6 Å². The van der Waals surface area contributed by atoms with Gasteiger partial charge in [0.1, 0.15) is 12.2 Å². The maximum atomic E-state index is 13.3. The van der Waals surface area contributed by atoms with E-state index >= 15 is 0 Å². The summed E-state index contributed by atoms with van der Waals surface area (Å²) in [6.45, 7) is -0.167. The van der Waals surface area contributed by atoms with Gasteiger partial charge in [-0.05, 0) is 24.3 Å². The molecule has 1 heterocycles. The Morgan fingerprint density at radius 3 is 2.38 bits per heavy atom. The van der Waals surface area contributed by atoms with Crippen molar-refractivity contribution in [3.8, 4) is 11.6 Å². The van der Waals surface area contributed by atoms with Crippen LogP contribution < -0.4 is 4.74 Å². The van der Waals surface area contributed by atoms with Crippen LogP contribution in [0.25, 0.3) is 5.69 Å². The van der Waals surface area contributed by atoms with Crippen molar-refractivity contribution in [3.63, 3.8) is 0 Å². The number of nitrogens with zero attached hydrogens (tertiary/aromatic N) is 2. The van der Waals surface area contributed by atoms with Crippen LogP contribution >= 0.6 is 34.8 Å². The lowest BCUT2D eigenvalue weighted by Crippen LogP contribution is -2.10. The third-order valence-corrected chi connectivity index (χ3v) is 4.40. The molecule has 0 saturated heterocycles. The fourth-order valence-electron chi connectivity index (χ4n) is 2.26. The predicted molar refractivity (Wildman–Crippen MR) is 94.4 cm³/mol. The van der Waals surface area contributed by atoms with Gasteiger partial charge in [-0.2, -0.15) is 23.0 Å². The largest absolute Gasteiger partial charge is 0.472 e. The highest BCUT2D eigenvalue weighted by Gasteiger charge is 2.38. The molecule has 0 amide bonds. The van der Waals surface area contributed by atoms with Crippen molar-refractivity contribution < 1.29 is 17.9 Å². The zero-order valence-corrected chi connectivity index (χ0v) is 15.2. The van der Waals surface area contributed by atoms with Gasteiger partial charge in [-0.25, -0.2) is 0 Å². The molecule has 1 aromatic heterocycles. The highest BCUT2D eigenvalue weighted by Crippen LogP contribution is 2.39. The van der Waals surface area contributed by atoms with Gasteiger partial charge in [0, 0.05) is 15.6 Å². The summed E-state index contributed by atoms with van der Waals surface area (Å²) in [6.07, 6.45) is -3.96. The normalized spacial score (nSPS) is 11.6. The van der Waals surface area contributed by atoms with Crippen LogP contribution in [0.5, 0.6) is 5.88 Å². The molecule has 0 atom stereocenters. The number of halogens is 6. The molecule has 3 nitrogen and oxygen atoms in total. The van der Waals surface area contributed by atoms with Crippen molar-refractivity contribution in [2.24, 2.45) is 0 Å². The van der Waals surface area contributed by atoms with Gasteiger partial charge in [-0.1, -0.05) is 53.0 Å². The van der Waals surface area contributed by atoms with E-state index in [0.717, 1.165) is 4.68 Å². The molecular formula is C17H10Cl3F3N2O. The van der Waals surface area contributed by atoms with Crippen LogP contribution in [-0.2, 0) is 12.8 Å². The van der Waals surface area contributed by atoms with Crippen molar-refractivity contribution in [1.82, 2.24) is 9.78 Å². The molecule has 26 heavy (non-hydrogen) atoms. The molecule has 136 valence electrons. The highest BCUT2D eigenvalue weighted by atomic mass is 35.5. The quantitative estimate of drug-likeness (QED) is 0.485. The maximum Gasteiger partial charge on any atom is 0.423 e. The summed E-state index contributed by atoms with van der Waals surface area (Å²) in [7, 11) is 0. The van der Waals surface area contributed by atoms with Gasteiger partial charge in [0.25, 0.3) is 0 Å². The number of ether oxygens (including phenoxy) is 1. The minimum atomic E-state index is -4.65. The Kier molecular flexibility index (Phi) is 5.37. The van der Waals surface area contributed by atoms with Gasteiger partial charge in [-0.3, -0.25) is 0 Å². The molecule has 3 rings (SSSR count). The first-order chi connectivity index (χ1) is 12.3. The van der Waals surface area contributed by atoms with Crippen LogP contribution in [0.2, 0.25) is 15.1 Å². The molecule has 0 aliphatic heterocycles. The second-order valence-corrected chi connectivity index (χ2v) is 6.50. The Hall–Kier alpha value is -1.89. The third-order valence-electron chi connectivity index (χ3n) is 3.49. The van der Waals surface area contributed by atoms with Crippen LogP contribution in [0.4, 0.5) is 13.2 Å². The fraction of sp³-hybridized carbons (Fsp3) is 0.118. The average molecular weight is 422 g/mol. The molecule has 2 aromatic carbocycles. The van der Waals surface area contributed by atoms with Crippen LogP contribution in [0.3, 0.4) is 0 Å². The first kappa shape index (κ1) is 18.9. The minimum absolute atomic E-state index is 0.136. The van der Waals surface area contributed by atoms with Crippen LogP contribution in [0.15, 0.2) is 48.7 Å². The monoisotopic (exact) mass is 420 g/mol. The number of alkyl halides is 3. The molecular weight excluding hydrogens is 412 g/mol. The van der Waals surface area contributed by atoms with Crippen molar-refractivity contribution in [2.45, 2.75) is 12.8 Å². The summed E-state index contributed by atoms with van der Waals surface area (Å²) in [5, 5.41) is 4.66. The molecule has 0 aliphatic carbocycles. The number of benzene rings is 2. The van der Waals surface area contributed by atoms with Gasteiger partial charge < -0.3 is 4.74 Å². The summed E-state index contributed by atoms with van der Waals surface area (Å²) >= 11 is 18.0. The van der Waals surface area contributed by atoms with E-state index in [1.165, 1.54) is 18.2 Å². The molecule has 0 fully saturated rings. The Bertz CT molecular complexity index is 941. The molecule has 9 heteroatoms. The minimum Gasteiger partial charge on any atom is -0.472 e. The summed E-state index contributed by atoms with van der Waals surface area (Å²) in [4.78, 5) is 0. The van der Waals surface area contributed by atoms with Crippen molar-refractivity contribution in [3.05, 3.63) is 74.9 Å². The highest BCUT2D eigenvalue weighted by molar-refractivity contribution is 6.35. The maximum absolute atomic E-state index is 13.3. The lowest BCUT2D eigenvalue weighted by molar-refractivity contribution is -0.139. The Labute approximate surface area is 161 Å². The van der Waals surface area contributed by atoms with Crippen molar-refractivity contribution in [2.75, 3.05) is 0 Å². The second-order valence-electron chi connectivity index (χ2n) is 5.25. The van der Waals surface area contributed by atoms with Crippen molar-refractivity contribution in [1.29, 1.82) is 0 Å². The van der Waals surface area contributed by atoms with Crippen molar-refractivity contribution >= 4 is 34.8 Å². The summed E-state index contributed by atoms with van der Waals surface area (Å²) < 4.78 is 46.4. The topological polar surface area (TPSA) is 27.1 Å². The standard InChI is InChI=1S/C17H10Cl3F3N2O/c18-11-5-6-15(14(20)7-11)25-16(12(8-24-25)17(21,22)23)26-9-10-3-1-2-4-13(10)19/h1-8H,9H2. The zero-order chi connectivity index (χ0) is 18.9. The molecule has 0 bridgehead atoms. The predicted octanol–water partition coefficient (Wildman–Crippen LogP) is 6.43. The summed E-state index contributed by atoms with van der Waals surface area (Å²) in [5.41, 5.74) is -0.270. The number of hydrogen-bond donors (Lipinski definition) is 0. The molecule has 0 saturated carbocycles. The SMILES string of the molecule is FC(F)(F)c1cnn(-c2ccc(Cl)cc2Cl)c1OCc1ccccc1Cl. The van der Waals surface area contributed by atoms with E-state index in [2.05, 4.69) is 5.10 Å². The summed E-state index contributed by atoms with van der Waals surface area (Å²) in [5.74, 6) is -0.485. The fourth-order valence-corrected chi connectivity index (χ4v) is 2.94. The first-order valence-electron chi connectivity index (χ1n) is 7.24. The van der Waals surface area contributed by atoms with Gasteiger partial charge in [0.05, 0.1) is 16.9 Å². The van der Waals surface area contributed by atoms with E-state index in [9.17, 15) is 13.2 Å². The number of hydrogen-bond acceptors (Lipinski definition) is 2. The smallest absolute Gasteiger partial charge is 0.423 e. The Morgan fingerprint density at radius 1 is 1.00 bits per heavy atom. The van der Waals surface area contributed by atoms with Gasteiger partial charge in [0.2, 0.25) is 5.88 Å². The van der Waals surface area contributed by atoms with Gasteiger partial charge in [0.15, 0.2) is 0 Å². The van der Waals surface area contributed by atoms with E-state index in [1.54, 1.807) is 24.3 Å².